The lowest BCUT2D eigenvalue weighted by atomic mass is 10.0. The maximum absolute atomic E-state index is 11.7. The van der Waals surface area contributed by atoms with Crippen LogP contribution in [-0.2, 0) is 11.2 Å². The molecule has 0 saturated carbocycles. The summed E-state index contributed by atoms with van der Waals surface area (Å²) in [5.41, 5.74) is 8.28. The standard InChI is InChI=1S/C14H20N2OS/c1-10(8-15)14(17)16-9-13-12-5-3-2-4-11(12)6-7-18-13/h2-5,10,13H,6-9,15H2,1H3,(H,16,17). The minimum atomic E-state index is -0.103. The number of carbonyl (C=O) groups excluding carboxylic acids is 1. The highest BCUT2D eigenvalue weighted by atomic mass is 32.2. The minimum Gasteiger partial charge on any atom is -0.354 e. The third-order valence-electron chi connectivity index (χ3n) is 3.36. The molecule has 0 spiro atoms. The van der Waals surface area contributed by atoms with E-state index in [1.807, 2.05) is 18.7 Å². The van der Waals surface area contributed by atoms with Gasteiger partial charge in [0, 0.05) is 24.3 Å². The highest BCUT2D eigenvalue weighted by Gasteiger charge is 2.21. The van der Waals surface area contributed by atoms with Crippen molar-refractivity contribution in [3.05, 3.63) is 35.4 Å². The zero-order valence-corrected chi connectivity index (χ0v) is 11.5. The lowest BCUT2D eigenvalue weighted by Crippen LogP contribution is -2.35. The third-order valence-corrected chi connectivity index (χ3v) is 4.62. The number of amides is 1. The largest absolute Gasteiger partial charge is 0.354 e. The quantitative estimate of drug-likeness (QED) is 0.871. The molecule has 0 bridgehead atoms. The van der Waals surface area contributed by atoms with E-state index < -0.39 is 0 Å². The molecule has 2 atom stereocenters. The smallest absolute Gasteiger partial charge is 0.224 e. The lowest BCUT2D eigenvalue weighted by molar-refractivity contribution is -0.124. The first-order valence-corrected chi connectivity index (χ1v) is 7.44. The SMILES string of the molecule is CC(CN)C(=O)NCC1SCCc2ccccc21. The van der Waals surface area contributed by atoms with E-state index in [2.05, 4.69) is 29.6 Å². The summed E-state index contributed by atoms with van der Waals surface area (Å²) in [6, 6.07) is 8.51. The summed E-state index contributed by atoms with van der Waals surface area (Å²) < 4.78 is 0. The summed E-state index contributed by atoms with van der Waals surface area (Å²) in [6.45, 7) is 2.96. The Kier molecular flexibility index (Phi) is 4.66. The van der Waals surface area contributed by atoms with Crippen molar-refractivity contribution in [1.29, 1.82) is 0 Å². The highest BCUT2D eigenvalue weighted by Crippen LogP contribution is 2.35. The Morgan fingerprint density at radius 2 is 2.33 bits per heavy atom. The van der Waals surface area contributed by atoms with Crippen LogP contribution in [0.1, 0.15) is 23.3 Å². The first kappa shape index (κ1) is 13.4. The molecule has 0 aliphatic carbocycles. The van der Waals surface area contributed by atoms with Crippen LogP contribution < -0.4 is 11.1 Å². The molecule has 1 heterocycles. The number of fused-ring (bicyclic) bond motifs is 1. The molecule has 3 N–H and O–H groups in total. The first-order chi connectivity index (χ1) is 8.72. The molecule has 1 aliphatic heterocycles. The number of aryl methyl sites for hydroxylation is 1. The van der Waals surface area contributed by atoms with Crippen molar-refractivity contribution in [2.45, 2.75) is 18.6 Å². The summed E-state index contributed by atoms with van der Waals surface area (Å²) in [6.07, 6.45) is 1.13. The van der Waals surface area contributed by atoms with E-state index in [1.165, 1.54) is 11.1 Å². The van der Waals surface area contributed by atoms with Gasteiger partial charge < -0.3 is 11.1 Å². The Labute approximate surface area is 113 Å². The summed E-state index contributed by atoms with van der Waals surface area (Å²) in [4.78, 5) is 11.7. The van der Waals surface area contributed by atoms with Crippen LogP contribution in [0.4, 0.5) is 0 Å². The van der Waals surface area contributed by atoms with Crippen molar-refractivity contribution in [3.8, 4) is 0 Å². The van der Waals surface area contributed by atoms with Gasteiger partial charge in [-0.15, -0.1) is 0 Å². The maximum Gasteiger partial charge on any atom is 0.224 e. The summed E-state index contributed by atoms with van der Waals surface area (Å²) in [5, 5.41) is 3.38. The Balaban J connectivity index is 1.97. The Morgan fingerprint density at radius 1 is 1.56 bits per heavy atom. The van der Waals surface area contributed by atoms with Gasteiger partial charge in [-0.1, -0.05) is 31.2 Å². The minimum absolute atomic E-state index is 0.0566. The predicted octanol–water partition coefficient (Wildman–Crippen LogP) is 1.73. The lowest BCUT2D eigenvalue weighted by Gasteiger charge is -2.25. The van der Waals surface area contributed by atoms with Gasteiger partial charge in [0.2, 0.25) is 5.91 Å². The number of thioether (sulfide) groups is 1. The fourth-order valence-corrected chi connectivity index (χ4v) is 3.35. The number of hydrogen-bond acceptors (Lipinski definition) is 3. The fraction of sp³-hybridized carbons (Fsp3) is 0.500. The van der Waals surface area contributed by atoms with E-state index in [9.17, 15) is 4.79 Å². The van der Waals surface area contributed by atoms with Gasteiger partial charge in [0.05, 0.1) is 0 Å². The van der Waals surface area contributed by atoms with Crippen LogP contribution in [0.15, 0.2) is 24.3 Å². The van der Waals surface area contributed by atoms with Crippen molar-refractivity contribution in [1.82, 2.24) is 5.32 Å². The molecule has 1 aromatic carbocycles. The summed E-state index contributed by atoms with van der Waals surface area (Å²) in [5.74, 6) is 1.08. The van der Waals surface area contributed by atoms with Gasteiger partial charge in [-0.05, 0) is 23.3 Å². The Morgan fingerprint density at radius 3 is 3.11 bits per heavy atom. The molecule has 1 aliphatic rings. The molecular weight excluding hydrogens is 244 g/mol. The topological polar surface area (TPSA) is 55.1 Å². The second kappa shape index (κ2) is 6.25. The molecule has 98 valence electrons. The van der Waals surface area contributed by atoms with Crippen molar-refractivity contribution in [3.63, 3.8) is 0 Å². The number of rotatable bonds is 4. The van der Waals surface area contributed by atoms with Gasteiger partial charge in [-0.25, -0.2) is 0 Å². The average molecular weight is 264 g/mol. The summed E-state index contributed by atoms with van der Waals surface area (Å²) >= 11 is 1.92. The van der Waals surface area contributed by atoms with Gasteiger partial charge in [0.25, 0.3) is 0 Å². The van der Waals surface area contributed by atoms with E-state index in [-0.39, 0.29) is 11.8 Å². The molecule has 4 heteroatoms. The van der Waals surface area contributed by atoms with Crippen LogP contribution in [0.5, 0.6) is 0 Å². The zero-order chi connectivity index (χ0) is 13.0. The Hall–Kier alpha value is -1.00. The van der Waals surface area contributed by atoms with Crippen LogP contribution in [0.2, 0.25) is 0 Å². The van der Waals surface area contributed by atoms with Crippen LogP contribution in [-0.4, -0.2) is 24.7 Å². The third kappa shape index (κ3) is 3.06. The molecule has 0 radical (unpaired) electrons. The van der Waals surface area contributed by atoms with Gasteiger partial charge in [0.15, 0.2) is 0 Å². The van der Waals surface area contributed by atoms with Crippen molar-refractivity contribution >= 4 is 17.7 Å². The number of benzene rings is 1. The highest BCUT2D eigenvalue weighted by molar-refractivity contribution is 7.99. The average Bonchev–Trinajstić information content (AvgIpc) is 2.43. The molecular formula is C14H20N2OS. The van der Waals surface area contributed by atoms with E-state index in [0.29, 0.717) is 18.3 Å². The molecule has 1 aromatic rings. The predicted molar refractivity (Wildman–Crippen MR) is 76.6 cm³/mol. The molecule has 18 heavy (non-hydrogen) atoms. The van der Waals surface area contributed by atoms with E-state index in [4.69, 9.17) is 5.73 Å². The number of nitrogens with two attached hydrogens (primary N) is 1. The fourth-order valence-electron chi connectivity index (χ4n) is 2.12. The molecule has 0 fully saturated rings. The molecule has 3 nitrogen and oxygen atoms in total. The number of nitrogens with one attached hydrogen (secondary N) is 1. The normalized spacial score (nSPS) is 20.0. The van der Waals surface area contributed by atoms with Crippen molar-refractivity contribution < 1.29 is 4.79 Å². The second-order valence-electron chi connectivity index (χ2n) is 4.69. The van der Waals surface area contributed by atoms with Crippen LogP contribution in [0.3, 0.4) is 0 Å². The van der Waals surface area contributed by atoms with Crippen molar-refractivity contribution in [2.75, 3.05) is 18.8 Å². The van der Waals surface area contributed by atoms with E-state index in [1.54, 1.807) is 0 Å². The van der Waals surface area contributed by atoms with Crippen molar-refractivity contribution in [2.24, 2.45) is 11.7 Å². The van der Waals surface area contributed by atoms with E-state index in [0.717, 1.165) is 12.2 Å². The molecule has 0 saturated heterocycles. The van der Waals surface area contributed by atoms with Crippen LogP contribution >= 0.6 is 11.8 Å². The first-order valence-electron chi connectivity index (χ1n) is 6.39. The van der Waals surface area contributed by atoms with Crippen LogP contribution in [0.25, 0.3) is 0 Å². The van der Waals surface area contributed by atoms with Gasteiger partial charge in [-0.2, -0.15) is 11.8 Å². The number of hydrogen-bond donors (Lipinski definition) is 2. The second-order valence-corrected chi connectivity index (χ2v) is 6.00. The number of carbonyl (C=O) groups is 1. The molecule has 0 aromatic heterocycles. The molecule has 2 unspecified atom stereocenters. The van der Waals surface area contributed by atoms with Crippen LogP contribution in [0, 0.1) is 5.92 Å². The maximum atomic E-state index is 11.7. The summed E-state index contributed by atoms with van der Waals surface area (Å²) in [7, 11) is 0. The van der Waals surface area contributed by atoms with Gasteiger partial charge in [0.1, 0.15) is 0 Å². The Bertz CT molecular complexity index is 422. The van der Waals surface area contributed by atoms with E-state index >= 15 is 0 Å². The van der Waals surface area contributed by atoms with Gasteiger partial charge >= 0.3 is 0 Å². The molecule has 1 amide bonds. The monoisotopic (exact) mass is 264 g/mol. The van der Waals surface area contributed by atoms with Gasteiger partial charge in [-0.3, -0.25) is 4.79 Å². The zero-order valence-electron chi connectivity index (χ0n) is 10.7. The molecule has 2 rings (SSSR count).